The van der Waals surface area contributed by atoms with E-state index in [-0.39, 0.29) is 47.1 Å². The number of rotatable bonds is 0. The topological polar surface area (TPSA) is 246 Å². The average Bonchev–Trinajstić information content (AvgIpc) is 0.722. The van der Waals surface area contributed by atoms with Crippen molar-refractivity contribution in [3.8, 4) is 0 Å². The maximum atomic E-state index is 8.52. The van der Waals surface area contributed by atoms with Crippen molar-refractivity contribution in [2.45, 2.75) is 0 Å². The third-order valence-electron chi connectivity index (χ3n) is 0. The molecule has 0 spiro atoms. The van der Waals surface area contributed by atoms with Crippen LogP contribution in [-0.4, -0.2) is 23.0 Å². The van der Waals surface area contributed by atoms with E-state index in [1.165, 1.54) is 0 Å². The summed E-state index contributed by atoms with van der Waals surface area (Å²) in [5.74, 6) is 0. The fourth-order valence-electron chi connectivity index (χ4n) is 0. The van der Waals surface area contributed by atoms with E-state index in [4.69, 9.17) is 17.5 Å². The molecule has 0 unspecified atom stereocenters. The summed E-state index contributed by atoms with van der Waals surface area (Å²) in [4.78, 5) is 0. The fraction of sp³-hybridized carbons (Fsp3) is 0. The van der Waals surface area contributed by atoms with E-state index in [0.717, 1.165) is 0 Å². The quantitative estimate of drug-likeness (QED) is 0.337. The molecule has 81 valence electrons. The molecule has 0 amide bonds. The Hall–Kier alpha value is 0.189. The van der Waals surface area contributed by atoms with Crippen molar-refractivity contribution >= 4 is 10.4 Å². The molecule has 1 radical (unpaired) electrons. The van der Waals surface area contributed by atoms with Gasteiger partial charge in [-0.1, -0.05) is 0 Å². The van der Waals surface area contributed by atoms with Gasteiger partial charge in [0.2, 0.25) is 0 Å². The van der Waals surface area contributed by atoms with Gasteiger partial charge in [-0.05, 0) is 0 Å². The van der Waals surface area contributed by atoms with Gasteiger partial charge in [0, 0.05) is 10.4 Å². The van der Waals surface area contributed by atoms with E-state index in [1.54, 1.807) is 0 Å². The number of hydrogen-bond acceptors (Lipinski definition) is 4. The van der Waals surface area contributed by atoms with Crippen LogP contribution in [0, 0.1) is 0 Å². The Morgan fingerprint density at radius 2 is 0.818 bits per heavy atom. The Morgan fingerprint density at radius 3 is 0.818 bits per heavy atom. The second-order valence-electron chi connectivity index (χ2n) is 0.408. The van der Waals surface area contributed by atoms with Gasteiger partial charge in [-0.3, -0.25) is 8.42 Å². The van der Waals surface area contributed by atoms with Crippen LogP contribution in [0.4, 0.5) is 0 Å². The molecule has 0 fully saturated rings. The molecule has 11 heavy (non-hydrogen) atoms. The molecule has 11 heteroatoms. The monoisotopic (exact) mass is 241 g/mol. The molecule has 0 bridgehead atoms. The van der Waals surface area contributed by atoms with Gasteiger partial charge < -0.3 is 39.2 Å². The Morgan fingerprint density at radius 1 is 0.818 bits per heavy atom. The molecule has 0 aliphatic heterocycles. The second-order valence-corrected chi connectivity index (χ2v) is 1.22. The smallest absolute Gasteiger partial charge is 0.759 e. The molecule has 9 nitrogen and oxygen atoms in total. The van der Waals surface area contributed by atoms with Crippen LogP contribution in [0.5, 0.6) is 0 Å². The number of hydrogen-bond donors (Lipinski definition) is 0. The summed E-state index contributed by atoms with van der Waals surface area (Å²) < 4.78 is 34.1. The molecule has 0 heterocycles. The first kappa shape index (κ1) is 66.2. The Kier molecular flexibility index (Phi) is 135. The molecule has 0 aromatic heterocycles. The van der Waals surface area contributed by atoms with Gasteiger partial charge in [-0.15, -0.1) is 0 Å². The van der Waals surface area contributed by atoms with Crippen molar-refractivity contribution in [1.82, 2.24) is 0 Å². The Bertz CT molecular complexity index is 102. The molecule has 0 saturated heterocycles. The molecule has 0 saturated carbocycles. The molecule has 10 N–H and O–H groups in total. The summed E-state index contributed by atoms with van der Waals surface area (Å²) in [6.45, 7) is 0. The predicted octanol–water partition coefficient (Wildman–Crippen LogP) is 0.703. The minimum absolute atomic E-state index is 0. The van der Waals surface area contributed by atoms with Crippen LogP contribution in [-0.2, 0) is 27.5 Å². The zero-order valence-corrected chi connectivity index (χ0v) is 6.91. The van der Waals surface area contributed by atoms with E-state index in [2.05, 4.69) is 0 Å². The normalized spacial score (nSPS) is 5.27. The third-order valence-corrected chi connectivity index (χ3v) is 0. The first-order chi connectivity index (χ1) is 2.00. The van der Waals surface area contributed by atoms with Crippen LogP contribution in [0.25, 0.3) is 24.6 Å². The molecular formula is H10CuN4O5S-4. The minimum Gasteiger partial charge on any atom is -0.759 e. The first-order valence-electron chi connectivity index (χ1n) is 0.667. The van der Waals surface area contributed by atoms with Crippen LogP contribution in [0.2, 0.25) is 0 Å². The molecule has 0 aromatic rings. The van der Waals surface area contributed by atoms with E-state index in [9.17, 15) is 0 Å². The predicted molar refractivity (Wildman–Crippen MR) is 35.2 cm³/mol. The van der Waals surface area contributed by atoms with Crippen molar-refractivity contribution < 1.29 is 40.1 Å². The van der Waals surface area contributed by atoms with E-state index in [1.807, 2.05) is 0 Å². The maximum absolute atomic E-state index is 8.52. The Labute approximate surface area is 75.6 Å². The van der Waals surface area contributed by atoms with Gasteiger partial charge in [0.25, 0.3) is 0 Å². The Balaban J connectivity index is -0.00000000533. The van der Waals surface area contributed by atoms with Gasteiger partial charge in [0.15, 0.2) is 0 Å². The average molecular weight is 242 g/mol. The van der Waals surface area contributed by atoms with Crippen LogP contribution in [0.15, 0.2) is 0 Å². The van der Waals surface area contributed by atoms with E-state index >= 15 is 0 Å². The molecule has 0 aliphatic rings. The van der Waals surface area contributed by atoms with E-state index in [0.29, 0.717) is 0 Å². The standard InChI is InChI=1S/Cu.4H2N.H2O4S.H2O/c;;;;;1-5(2,3)4;/h;4*1H2;(H2,1,2,3,4);1H2/q+2;4*-1;;/p-2. The van der Waals surface area contributed by atoms with Crippen molar-refractivity contribution in [2.75, 3.05) is 0 Å². The summed E-state index contributed by atoms with van der Waals surface area (Å²) in [5, 5.41) is 0. The van der Waals surface area contributed by atoms with Crippen molar-refractivity contribution in [3.63, 3.8) is 0 Å². The van der Waals surface area contributed by atoms with Crippen molar-refractivity contribution in [1.29, 1.82) is 0 Å². The van der Waals surface area contributed by atoms with Crippen molar-refractivity contribution in [3.05, 3.63) is 24.6 Å². The number of nitrogens with two attached hydrogens (primary N) is 4. The van der Waals surface area contributed by atoms with Crippen molar-refractivity contribution in [2.24, 2.45) is 0 Å². The van der Waals surface area contributed by atoms with Crippen LogP contribution in [0.3, 0.4) is 0 Å². The molecule has 0 aliphatic carbocycles. The molecule has 0 atom stereocenters. The first-order valence-corrected chi connectivity index (χ1v) is 2.00. The molecular weight excluding hydrogens is 232 g/mol. The van der Waals surface area contributed by atoms with Gasteiger partial charge in [-0.2, -0.15) is 0 Å². The summed E-state index contributed by atoms with van der Waals surface area (Å²) in [6.07, 6.45) is 0. The minimum atomic E-state index is -5.17. The van der Waals surface area contributed by atoms with Gasteiger partial charge >= 0.3 is 17.1 Å². The fourth-order valence-corrected chi connectivity index (χ4v) is 0. The van der Waals surface area contributed by atoms with Crippen LogP contribution in [0.1, 0.15) is 0 Å². The summed E-state index contributed by atoms with van der Waals surface area (Å²) >= 11 is 0. The zero-order chi connectivity index (χ0) is 4.50. The summed E-state index contributed by atoms with van der Waals surface area (Å²) in [7, 11) is -5.17. The molecule has 0 aromatic carbocycles. The third kappa shape index (κ3) is 19000. The largest absolute Gasteiger partial charge is 2.00 e. The van der Waals surface area contributed by atoms with E-state index < -0.39 is 10.4 Å². The van der Waals surface area contributed by atoms with Gasteiger partial charge in [-0.25, -0.2) is 0 Å². The van der Waals surface area contributed by atoms with Crippen LogP contribution >= 0.6 is 0 Å². The summed E-state index contributed by atoms with van der Waals surface area (Å²) in [6, 6.07) is 0. The summed E-state index contributed by atoms with van der Waals surface area (Å²) in [5.41, 5.74) is 0. The zero-order valence-electron chi connectivity index (χ0n) is 5.15. The van der Waals surface area contributed by atoms with Crippen LogP contribution < -0.4 is 0 Å². The second kappa shape index (κ2) is 22.5. The molecule has 0 rings (SSSR count). The maximum Gasteiger partial charge on any atom is 2.00 e. The SMILES string of the molecule is O.O=S(=O)([O-])[O-].[Cu+2].[NH2-].[NH2-].[NH2-].[NH2-]. The van der Waals surface area contributed by atoms with Gasteiger partial charge in [0.05, 0.1) is 0 Å². The van der Waals surface area contributed by atoms with Gasteiger partial charge in [0.1, 0.15) is 0 Å².